The number of anilines is 1. The van der Waals surface area contributed by atoms with Gasteiger partial charge in [-0.25, -0.2) is 12.8 Å². The first kappa shape index (κ1) is 15.3. The molecule has 2 aromatic rings. The second kappa shape index (κ2) is 5.72. The van der Waals surface area contributed by atoms with E-state index < -0.39 is 15.8 Å². The number of nitrogens with zero attached hydrogens (tertiary/aromatic N) is 1. The van der Waals surface area contributed by atoms with Crippen molar-refractivity contribution in [1.82, 2.24) is 0 Å². The van der Waals surface area contributed by atoms with E-state index in [4.69, 9.17) is 16.9 Å². The topological polar surface area (TPSA) is 70.0 Å². The van der Waals surface area contributed by atoms with Gasteiger partial charge in [0, 0.05) is 0 Å². The summed E-state index contributed by atoms with van der Waals surface area (Å²) in [6, 6.07) is 9.46. The highest BCUT2D eigenvalue weighted by Crippen LogP contribution is 2.26. The third kappa shape index (κ3) is 3.32. The summed E-state index contributed by atoms with van der Waals surface area (Å²) >= 11 is 5.89. The van der Waals surface area contributed by atoms with Crippen LogP contribution >= 0.6 is 11.6 Å². The van der Waals surface area contributed by atoms with E-state index in [1.165, 1.54) is 30.3 Å². The third-order valence-corrected chi connectivity index (χ3v) is 4.63. The van der Waals surface area contributed by atoms with Crippen molar-refractivity contribution in [2.75, 3.05) is 4.72 Å². The van der Waals surface area contributed by atoms with Crippen LogP contribution in [0.5, 0.6) is 0 Å². The zero-order valence-corrected chi connectivity index (χ0v) is 12.5. The molecule has 0 aliphatic heterocycles. The van der Waals surface area contributed by atoms with E-state index in [0.717, 1.165) is 6.07 Å². The van der Waals surface area contributed by atoms with Gasteiger partial charge in [0.05, 0.1) is 22.3 Å². The Hall–Kier alpha value is -2.10. The average Bonchev–Trinajstić information content (AvgIpc) is 2.41. The molecule has 1 N–H and O–H groups in total. The fourth-order valence-corrected chi connectivity index (χ4v) is 3.41. The third-order valence-electron chi connectivity index (χ3n) is 2.78. The lowest BCUT2D eigenvalue weighted by Gasteiger charge is -2.11. The van der Waals surface area contributed by atoms with Crippen LogP contribution < -0.4 is 4.72 Å². The summed E-state index contributed by atoms with van der Waals surface area (Å²) in [5.74, 6) is -0.452. The number of sulfonamides is 1. The van der Waals surface area contributed by atoms with Crippen LogP contribution in [-0.4, -0.2) is 8.42 Å². The lowest BCUT2D eigenvalue weighted by Crippen LogP contribution is -2.14. The molecule has 0 saturated carbocycles. The molecule has 2 aromatic carbocycles. The number of hydrogen-bond donors (Lipinski definition) is 1. The highest BCUT2D eigenvalue weighted by atomic mass is 35.5. The molecule has 0 amide bonds. The Balaban J connectivity index is 2.41. The molecule has 2 rings (SSSR count). The molecule has 0 aliphatic carbocycles. The van der Waals surface area contributed by atoms with Crippen molar-refractivity contribution >= 4 is 27.3 Å². The number of hydrogen-bond acceptors (Lipinski definition) is 3. The van der Waals surface area contributed by atoms with E-state index in [2.05, 4.69) is 4.72 Å². The van der Waals surface area contributed by atoms with Crippen molar-refractivity contribution in [3.63, 3.8) is 0 Å². The number of rotatable bonds is 3. The number of nitrogens with one attached hydrogen (secondary N) is 1. The number of benzene rings is 2. The molecular weight excluding hydrogens is 315 g/mol. The van der Waals surface area contributed by atoms with Gasteiger partial charge in [-0.1, -0.05) is 11.6 Å². The number of nitriles is 1. The van der Waals surface area contributed by atoms with Crippen LogP contribution in [0.1, 0.15) is 11.1 Å². The molecule has 0 spiro atoms. The minimum atomic E-state index is -3.92. The molecule has 4 nitrogen and oxygen atoms in total. The van der Waals surface area contributed by atoms with E-state index in [-0.39, 0.29) is 21.2 Å². The molecule has 0 atom stereocenters. The standard InChI is InChI=1S/C14H10ClFN2O2S/c1-9-6-11(16)3-4-13(9)18-21(19,20)14-5-2-10(8-17)7-12(14)15/h2-7,18H,1H3. The van der Waals surface area contributed by atoms with Crippen molar-refractivity contribution in [3.8, 4) is 6.07 Å². The molecule has 7 heteroatoms. The van der Waals surface area contributed by atoms with Crippen LogP contribution in [0.4, 0.5) is 10.1 Å². The van der Waals surface area contributed by atoms with Gasteiger partial charge < -0.3 is 0 Å². The zero-order valence-electron chi connectivity index (χ0n) is 10.9. The Bertz CT molecular complexity index is 845. The fourth-order valence-electron chi connectivity index (χ4n) is 1.73. The number of halogens is 2. The minimum absolute atomic E-state index is 0.0543. The van der Waals surface area contributed by atoms with E-state index in [1.807, 2.05) is 6.07 Å². The van der Waals surface area contributed by atoms with Gasteiger partial charge in [-0.2, -0.15) is 5.26 Å². The first-order valence-corrected chi connectivity index (χ1v) is 7.68. The highest BCUT2D eigenvalue weighted by Gasteiger charge is 2.19. The molecule has 0 unspecified atom stereocenters. The van der Waals surface area contributed by atoms with Crippen molar-refractivity contribution < 1.29 is 12.8 Å². The summed E-state index contributed by atoms with van der Waals surface area (Å²) in [6.45, 7) is 1.58. The van der Waals surface area contributed by atoms with Crippen LogP contribution in [0.2, 0.25) is 5.02 Å². The van der Waals surface area contributed by atoms with Gasteiger partial charge in [0.2, 0.25) is 0 Å². The summed E-state index contributed by atoms with van der Waals surface area (Å²) in [5, 5.41) is 8.69. The Morgan fingerprint density at radius 2 is 1.95 bits per heavy atom. The highest BCUT2D eigenvalue weighted by molar-refractivity contribution is 7.92. The van der Waals surface area contributed by atoms with Gasteiger partial charge in [0.25, 0.3) is 10.0 Å². The normalized spacial score (nSPS) is 11.0. The van der Waals surface area contributed by atoms with Gasteiger partial charge in [-0.15, -0.1) is 0 Å². The summed E-state index contributed by atoms with van der Waals surface area (Å²) in [5.41, 5.74) is 0.970. The Morgan fingerprint density at radius 1 is 1.24 bits per heavy atom. The van der Waals surface area contributed by atoms with Gasteiger partial charge in [-0.05, 0) is 48.9 Å². The molecule has 0 aromatic heterocycles. The molecule has 0 aliphatic rings. The molecule has 0 saturated heterocycles. The van der Waals surface area contributed by atoms with E-state index >= 15 is 0 Å². The van der Waals surface area contributed by atoms with E-state index in [1.54, 1.807) is 6.92 Å². The van der Waals surface area contributed by atoms with Gasteiger partial charge in [0.1, 0.15) is 10.7 Å². The zero-order chi connectivity index (χ0) is 15.6. The second-order valence-corrected chi connectivity index (χ2v) is 6.38. The summed E-state index contributed by atoms with van der Waals surface area (Å²) in [6.07, 6.45) is 0. The van der Waals surface area contributed by atoms with E-state index in [9.17, 15) is 12.8 Å². The average molecular weight is 325 g/mol. The molecule has 0 heterocycles. The lowest BCUT2D eigenvalue weighted by molar-refractivity contribution is 0.601. The molecule has 0 bridgehead atoms. The monoisotopic (exact) mass is 324 g/mol. The molecule has 0 radical (unpaired) electrons. The van der Waals surface area contributed by atoms with Crippen LogP contribution in [0, 0.1) is 24.1 Å². The predicted molar refractivity (Wildman–Crippen MR) is 78.1 cm³/mol. The molecule has 108 valence electrons. The Labute approximate surface area is 126 Å². The van der Waals surface area contributed by atoms with Crippen LogP contribution in [-0.2, 0) is 10.0 Å². The number of aryl methyl sites for hydroxylation is 1. The predicted octanol–water partition coefficient (Wildman–Crippen LogP) is 3.46. The van der Waals surface area contributed by atoms with Crippen LogP contribution in [0.25, 0.3) is 0 Å². The van der Waals surface area contributed by atoms with Gasteiger partial charge in [0.15, 0.2) is 0 Å². The first-order chi connectivity index (χ1) is 9.83. The maximum Gasteiger partial charge on any atom is 0.263 e. The van der Waals surface area contributed by atoms with Crippen molar-refractivity contribution in [1.29, 1.82) is 5.26 Å². The first-order valence-electron chi connectivity index (χ1n) is 5.82. The summed E-state index contributed by atoms with van der Waals surface area (Å²) in [4.78, 5) is -0.146. The maximum absolute atomic E-state index is 13.0. The van der Waals surface area contributed by atoms with Crippen molar-refractivity contribution in [3.05, 3.63) is 58.4 Å². The molecule has 0 fully saturated rings. The maximum atomic E-state index is 13.0. The largest absolute Gasteiger partial charge is 0.279 e. The smallest absolute Gasteiger partial charge is 0.263 e. The molecular formula is C14H10ClFN2O2S. The second-order valence-electron chi connectivity index (χ2n) is 4.32. The van der Waals surface area contributed by atoms with Crippen LogP contribution in [0.15, 0.2) is 41.3 Å². The summed E-state index contributed by atoms with van der Waals surface area (Å²) in [7, 11) is -3.92. The Kier molecular flexibility index (Phi) is 4.16. The van der Waals surface area contributed by atoms with E-state index in [0.29, 0.717) is 5.56 Å². The fraction of sp³-hybridized carbons (Fsp3) is 0.0714. The van der Waals surface area contributed by atoms with Gasteiger partial charge >= 0.3 is 0 Å². The molecule has 21 heavy (non-hydrogen) atoms. The van der Waals surface area contributed by atoms with Crippen molar-refractivity contribution in [2.45, 2.75) is 11.8 Å². The lowest BCUT2D eigenvalue weighted by atomic mass is 10.2. The quantitative estimate of drug-likeness (QED) is 0.940. The van der Waals surface area contributed by atoms with Gasteiger partial charge in [-0.3, -0.25) is 4.72 Å². The van der Waals surface area contributed by atoms with Crippen LogP contribution in [0.3, 0.4) is 0 Å². The summed E-state index contributed by atoms with van der Waals surface area (Å²) < 4.78 is 39.9. The SMILES string of the molecule is Cc1cc(F)ccc1NS(=O)(=O)c1ccc(C#N)cc1Cl. The minimum Gasteiger partial charge on any atom is -0.279 e. The van der Waals surface area contributed by atoms with Crippen molar-refractivity contribution in [2.24, 2.45) is 0 Å². The Morgan fingerprint density at radius 3 is 2.52 bits per heavy atom.